The molecular formula is C23H27N5OS. The average Bonchev–Trinajstić information content (AvgIpc) is 3.27. The molecule has 0 atom stereocenters. The Balaban J connectivity index is 1.90. The van der Waals surface area contributed by atoms with Crippen molar-refractivity contribution >= 4 is 43.6 Å². The maximum absolute atomic E-state index is 13.6. The molecule has 1 aromatic carbocycles. The van der Waals surface area contributed by atoms with E-state index in [1.807, 2.05) is 41.9 Å². The summed E-state index contributed by atoms with van der Waals surface area (Å²) in [5.41, 5.74) is 3.73. The Morgan fingerprint density at radius 3 is 2.50 bits per heavy atom. The van der Waals surface area contributed by atoms with Gasteiger partial charge in [-0.25, -0.2) is 14.6 Å². The third kappa shape index (κ3) is 3.37. The standard InChI is InChI=1S/C23H27N5OS/c1-13(2)17-12-15(19-14(3)26-28(20(19)24-17)23(4,5)6)21(29)27(7)22-25-16-10-8-9-11-18(16)30-22/h8-13H,1-7H3. The number of aromatic nitrogens is 4. The number of carbonyl (C=O) groups excluding carboxylic acids is 1. The number of rotatable bonds is 3. The van der Waals surface area contributed by atoms with Crippen molar-refractivity contribution < 1.29 is 4.79 Å². The monoisotopic (exact) mass is 421 g/mol. The minimum absolute atomic E-state index is 0.0973. The number of pyridine rings is 1. The average molecular weight is 422 g/mol. The Kier molecular flexibility index (Phi) is 4.89. The Morgan fingerprint density at radius 1 is 1.17 bits per heavy atom. The number of nitrogens with zero attached hydrogens (tertiary/aromatic N) is 5. The van der Waals surface area contributed by atoms with Gasteiger partial charge in [-0.05, 0) is 51.8 Å². The Labute approximate surface area is 180 Å². The first kappa shape index (κ1) is 20.5. The van der Waals surface area contributed by atoms with Gasteiger partial charge in [0.15, 0.2) is 10.8 Å². The number of thiazole rings is 1. The van der Waals surface area contributed by atoms with Crippen molar-refractivity contribution in [3.8, 4) is 0 Å². The Bertz CT molecular complexity index is 1230. The minimum atomic E-state index is -0.242. The van der Waals surface area contributed by atoms with E-state index in [-0.39, 0.29) is 17.4 Å². The number of amides is 1. The zero-order valence-electron chi connectivity index (χ0n) is 18.5. The molecule has 0 unspecified atom stereocenters. The van der Waals surface area contributed by atoms with Crippen molar-refractivity contribution in [3.63, 3.8) is 0 Å². The van der Waals surface area contributed by atoms with Crippen molar-refractivity contribution in [1.82, 2.24) is 19.7 Å². The highest BCUT2D eigenvalue weighted by molar-refractivity contribution is 7.22. The van der Waals surface area contributed by atoms with E-state index in [1.165, 1.54) is 11.3 Å². The molecule has 30 heavy (non-hydrogen) atoms. The number of benzene rings is 1. The number of hydrogen-bond acceptors (Lipinski definition) is 5. The normalized spacial score (nSPS) is 12.3. The van der Waals surface area contributed by atoms with Crippen LogP contribution >= 0.6 is 11.3 Å². The van der Waals surface area contributed by atoms with Crippen LogP contribution in [0.25, 0.3) is 21.3 Å². The molecule has 7 heteroatoms. The molecular weight excluding hydrogens is 394 g/mol. The van der Waals surface area contributed by atoms with Crippen molar-refractivity contribution in [1.29, 1.82) is 0 Å². The zero-order valence-corrected chi connectivity index (χ0v) is 19.3. The second-order valence-corrected chi connectivity index (χ2v) is 9.95. The van der Waals surface area contributed by atoms with E-state index in [0.29, 0.717) is 10.7 Å². The van der Waals surface area contributed by atoms with Crippen LogP contribution in [-0.2, 0) is 5.54 Å². The summed E-state index contributed by atoms with van der Waals surface area (Å²) in [6.45, 7) is 12.4. The molecule has 0 bridgehead atoms. The van der Waals surface area contributed by atoms with Crippen LogP contribution in [0.3, 0.4) is 0 Å². The quantitative estimate of drug-likeness (QED) is 0.438. The summed E-state index contributed by atoms with van der Waals surface area (Å²) in [7, 11) is 1.78. The van der Waals surface area contributed by atoms with E-state index >= 15 is 0 Å². The maximum atomic E-state index is 13.6. The molecule has 0 saturated carbocycles. The number of carbonyl (C=O) groups is 1. The highest BCUT2D eigenvalue weighted by Crippen LogP contribution is 2.32. The van der Waals surface area contributed by atoms with Gasteiger partial charge >= 0.3 is 0 Å². The van der Waals surface area contributed by atoms with Gasteiger partial charge in [-0.15, -0.1) is 0 Å². The van der Waals surface area contributed by atoms with Gasteiger partial charge in [0, 0.05) is 12.7 Å². The van der Waals surface area contributed by atoms with Gasteiger partial charge < -0.3 is 0 Å². The molecule has 0 aliphatic rings. The summed E-state index contributed by atoms with van der Waals surface area (Å²) in [6.07, 6.45) is 0. The Hall–Kier alpha value is -2.80. The number of hydrogen-bond donors (Lipinski definition) is 0. The van der Waals surface area contributed by atoms with Crippen molar-refractivity contribution in [3.05, 3.63) is 47.3 Å². The van der Waals surface area contributed by atoms with Gasteiger partial charge in [0.2, 0.25) is 0 Å². The molecule has 0 saturated heterocycles. The lowest BCUT2D eigenvalue weighted by Gasteiger charge is -2.21. The molecule has 0 aliphatic carbocycles. The summed E-state index contributed by atoms with van der Waals surface area (Å²) in [4.78, 5) is 24.8. The molecule has 6 nitrogen and oxygen atoms in total. The molecule has 4 aromatic rings. The lowest BCUT2D eigenvalue weighted by molar-refractivity contribution is 0.0994. The second kappa shape index (κ2) is 7.16. The second-order valence-electron chi connectivity index (χ2n) is 8.94. The van der Waals surface area contributed by atoms with Crippen LogP contribution < -0.4 is 4.90 Å². The molecule has 3 aromatic heterocycles. The van der Waals surface area contributed by atoms with Gasteiger partial charge in [-0.1, -0.05) is 37.3 Å². The predicted molar refractivity (Wildman–Crippen MR) is 124 cm³/mol. The van der Waals surface area contributed by atoms with E-state index in [1.54, 1.807) is 11.9 Å². The van der Waals surface area contributed by atoms with Crippen molar-refractivity contribution in [2.45, 2.75) is 53.0 Å². The number of fused-ring (bicyclic) bond motifs is 2. The van der Waals surface area contributed by atoms with Gasteiger partial charge in [-0.3, -0.25) is 9.69 Å². The maximum Gasteiger partial charge on any atom is 0.260 e. The van der Waals surface area contributed by atoms with Gasteiger partial charge in [-0.2, -0.15) is 5.10 Å². The molecule has 0 aliphatic heterocycles. The zero-order chi connectivity index (χ0) is 21.8. The number of aryl methyl sites for hydroxylation is 1. The highest BCUT2D eigenvalue weighted by Gasteiger charge is 2.27. The van der Waals surface area contributed by atoms with E-state index in [9.17, 15) is 4.79 Å². The first-order valence-electron chi connectivity index (χ1n) is 10.1. The molecule has 0 spiro atoms. The predicted octanol–water partition coefficient (Wildman–Crippen LogP) is 5.50. The lowest BCUT2D eigenvalue weighted by Crippen LogP contribution is -2.27. The van der Waals surface area contributed by atoms with Crippen LogP contribution in [0, 0.1) is 6.92 Å². The van der Waals surface area contributed by atoms with Crippen molar-refractivity contribution in [2.75, 3.05) is 11.9 Å². The van der Waals surface area contributed by atoms with Crippen LogP contribution in [0.5, 0.6) is 0 Å². The van der Waals surface area contributed by atoms with E-state index in [0.717, 1.165) is 32.6 Å². The first-order valence-corrected chi connectivity index (χ1v) is 10.9. The molecule has 156 valence electrons. The third-order valence-corrected chi connectivity index (χ3v) is 6.28. The lowest BCUT2D eigenvalue weighted by atomic mass is 10.0. The van der Waals surface area contributed by atoms with Crippen LogP contribution in [0.1, 0.15) is 62.3 Å². The summed E-state index contributed by atoms with van der Waals surface area (Å²) >= 11 is 1.52. The molecule has 3 heterocycles. The van der Waals surface area contributed by atoms with Crippen molar-refractivity contribution in [2.24, 2.45) is 0 Å². The SMILES string of the molecule is Cc1nn(C(C)(C)C)c2nc(C(C)C)cc(C(=O)N(C)c3nc4ccccc4s3)c12. The molecule has 0 fully saturated rings. The molecule has 1 amide bonds. The van der Waals surface area contributed by atoms with Crippen LogP contribution in [-0.4, -0.2) is 32.7 Å². The topological polar surface area (TPSA) is 63.9 Å². The minimum Gasteiger partial charge on any atom is -0.287 e. The van der Waals surface area contributed by atoms with Crippen LogP contribution in [0.2, 0.25) is 0 Å². The highest BCUT2D eigenvalue weighted by atomic mass is 32.1. The largest absolute Gasteiger partial charge is 0.287 e. The summed E-state index contributed by atoms with van der Waals surface area (Å²) < 4.78 is 2.99. The van der Waals surface area contributed by atoms with Crippen LogP contribution in [0.15, 0.2) is 30.3 Å². The fraction of sp³-hybridized carbons (Fsp3) is 0.391. The van der Waals surface area contributed by atoms with Gasteiger partial charge in [0.25, 0.3) is 5.91 Å². The third-order valence-electron chi connectivity index (χ3n) is 5.16. The van der Waals surface area contributed by atoms with Crippen LogP contribution in [0.4, 0.5) is 5.13 Å². The molecule has 0 radical (unpaired) electrons. The fourth-order valence-electron chi connectivity index (χ4n) is 3.51. The summed E-state index contributed by atoms with van der Waals surface area (Å²) in [5.74, 6) is 0.0947. The van der Waals surface area contributed by atoms with E-state index in [2.05, 4.69) is 39.6 Å². The summed E-state index contributed by atoms with van der Waals surface area (Å²) in [5, 5.41) is 6.23. The molecule has 4 rings (SSSR count). The Morgan fingerprint density at radius 2 is 1.87 bits per heavy atom. The fourth-order valence-corrected chi connectivity index (χ4v) is 4.44. The number of anilines is 1. The van der Waals surface area contributed by atoms with Gasteiger partial charge in [0.05, 0.1) is 32.4 Å². The number of para-hydroxylation sites is 1. The van der Waals surface area contributed by atoms with E-state index in [4.69, 9.17) is 10.1 Å². The molecule has 0 N–H and O–H groups in total. The first-order chi connectivity index (χ1) is 14.1. The van der Waals surface area contributed by atoms with Gasteiger partial charge in [0.1, 0.15) is 0 Å². The van der Waals surface area contributed by atoms with E-state index < -0.39 is 0 Å². The summed E-state index contributed by atoms with van der Waals surface area (Å²) in [6, 6.07) is 9.85. The smallest absolute Gasteiger partial charge is 0.260 e.